The van der Waals surface area contributed by atoms with Gasteiger partial charge in [0.05, 0.1) is 6.61 Å². The Morgan fingerprint density at radius 2 is 1.52 bits per heavy atom. The third kappa shape index (κ3) is 4.82. The molecule has 1 unspecified atom stereocenters. The smallest absolute Gasteiger partial charge is 0.119 e. The summed E-state index contributed by atoms with van der Waals surface area (Å²) in [5.74, 6) is 2.22. The Labute approximate surface area is 127 Å². The van der Waals surface area contributed by atoms with Crippen molar-refractivity contribution in [2.75, 3.05) is 6.61 Å². The first-order chi connectivity index (χ1) is 10.0. The number of phenolic OH excluding ortho intramolecular Hbond substituents is 1. The van der Waals surface area contributed by atoms with E-state index in [0.29, 0.717) is 17.6 Å². The summed E-state index contributed by atoms with van der Waals surface area (Å²) in [5, 5.41) is 9.33. The second-order valence-electron chi connectivity index (χ2n) is 6.05. The zero-order valence-corrected chi connectivity index (χ0v) is 13.0. The lowest BCUT2D eigenvalue weighted by Crippen LogP contribution is -2.04. The van der Waals surface area contributed by atoms with Crippen molar-refractivity contribution >= 4 is 0 Å². The lowest BCUT2D eigenvalue weighted by molar-refractivity contribution is 0.271. The molecule has 2 aromatic rings. The summed E-state index contributed by atoms with van der Waals surface area (Å²) in [6.07, 6.45) is 0.981. The fourth-order valence-corrected chi connectivity index (χ4v) is 2.26. The van der Waals surface area contributed by atoms with E-state index in [9.17, 15) is 5.11 Å². The number of rotatable bonds is 6. The third-order valence-electron chi connectivity index (χ3n) is 3.51. The minimum atomic E-state index is 0.317. The summed E-state index contributed by atoms with van der Waals surface area (Å²) in [5.41, 5.74) is 2.54. The summed E-state index contributed by atoms with van der Waals surface area (Å²) in [4.78, 5) is 0. The van der Waals surface area contributed by atoms with E-state index in [0.717, 1.165) is 18.8 Å². The average molecular weight is 284 g/mol. The molecule has 112 valence electrons. The van der Waals surface area contributed by atoms with Gasteiger partial charge in [0.1, 0.15) is 11.5 Å². The van der Waals surface area contributed by atoms with Gasteiger partial charge in [-0.15, -0.1) is 0 Å². The lowest BCUT2D eigenvalue weighted by atomic mass is 9.94. The highest BCUT2D eigenvalue weighted by molar-refractivity contribution is 5.31. The Kier molecular flexibility index (Phi) is 5.26. The third-order valence-corrected chi connectivity index (χ3v) is 3.51. The summed E-state index contributed by atoms with van der Waals surface area (Å²) in [6.45, 7) is 7.25. The van der Waals surface area contributed by atoms with E-state index < -0.39 is 0 Å². The molecular formula is C19H24O2. The molecule has 2 nitrogen and oxygen atoms in total. The van der Waals surface area contributed by atoms with Crippen LogP contribution in [0.15, 0.2) is 48.5 Å². The Morgan fingerprint density at radius 1 is 0.905 bits per heavy atom. The zero-order valence-electron chi connectivity index (χ0n) is 13.0. The number of hydrogen-bond donors (Lipinski definition) is 1. The molecule has 0 saturated heterocycles. The number of benzene rings is 2. The van der Waals surface area contributed by atoms with Crippen LogP contribution in [0.5, 0.6) is 11.5 Å². The second kappa shape index (κ2) is 7.16. The topological polar surface area (TPSA) is 29.5 Å². The van der Waals surface area contributed by atoms with Crippen molar-refractivity contribution in [2.45, 2.75) is 33.1 Å². The van der Waals surface area contributed by atoms with Crippen LogP contribution in [0, 0.1) is 5.92 Å². The molecule has 0 aliphatic heterocycles. The van der Waals surface area contributed by atoms with Gasteiger partial charge in [0.2, 0.25) is 0 Å². The summed E-state index contributed by atoms with van der Waals surface area (Å²) in [7, 11) is 0. The van der Waals surface area contributed by atoms with E-state index in [-0.39, 0.29) is 0 Å². The Morgan fingerprint density at radius 3 is 2.10 bits per heavy atom. The van der Waals surface area contributed by atoms with Crippen molar-refractivity contribution in [1.82, 2.24) is 0 Å². The predicted molar refractivity (Wildman–Crippen MR) is 87.0 cm³/mol. The Bertz CT molecular complexity index is 541. The maximum Gasteiger partial charge on any atom is 0.119 e. The van der Waals surface area contributed by atoms with Gasteiger partial charge in [-0.25, -0.2) is 0 Å². The maximum absolute atomic E-state index is 9.33. The monoisotopic (exact) mass is 284 g/mol. The lowest BCUT2D eigenvalue weighted by Gasteiger charge is -2.13. The highest BCUT2D eigenvalue weighted by Gasteiger charge is 2.07. The molecule has 0 fully saturated rings. The molecule has 0 heterocycles. The van der Waals surface area contributed by atoms with Crippen molar-refractivity contribution in [3.63, 3.8) is 0 Å². The van der Waals surface area contributed by atoms with Gasteiger partial charge in [-0.05, 0) is 53.6 Å². The number of aromatic hydroxyl groups is 1. The van der Waals surface area contributed by atoms with Gasteiger partial charge in [0.25, 0.3) is 0 Å². The fraction of sp³-hybridized carbons (Fsp3) is 0.368. The Hall–Kier alpha value is -1.96. The van der Waals surface area contributed by atoms with Crippen LogP contribution >= 0.6 is 0 Å². The molecule has 0 aliphatic rings. The van der Waals surface area contributed by atoms with Crippen LogP contribution in [0.2, 0.25) is 0 Å². The second-order valence-corrected chi connectivity index (χ2v) is 6.05. The van der Waals surface area contributed by atoms with Gasteiger partial charge in [0.15, 0.2) is 0 Å². The molecule has 0 radical (unpaired) electrons. The van der Waals surface area contributed by atoms with Crippen LogP contribution in [0.1, 0.15) is 37.8 Å². The van der Waals surface area contributed by atoms with Crippen LogP contribution in [0.25, 0.3) is 0 Å². The molecular weight excluding hydrogens is 260 g/mol. The van der Waals surface area contributed by atoms with E-state index in [1.807, 2.05) is 24.3 Å². The van der Waals surface area contributed by atoms with Gasteiger partial charge >= 0.3 is 0 Å². The Balaban J connectivity index is 1.94. The van der Waals surface area contributed by atoms with E-state index in [4.69, 9.17) is 4.74 Å². The maximum atomic E-state index is 9.33. The molecule has 2 heteroatoms. The van der Waals surface area contributed by atoms with Gasteiger partial charge in [-0.3, -0.25) is 0 Å². The first-order valence-electron chi connectivity index (χ1n) is 7.55. The number of hydrogen-bond acceptors (Lipinski definition) is 2. The van der Waals surface area contributed by atoms with Crippen molar-refractivity contribution in [3.8, 4) is 11.5 Å². The molecule has 0 saturated carbocycles. The van der Waals surface area contributed by atoms with Crippen LogP contribution in [-0.4, -0.2) is 11.7 Å². The normalized spacial score (nSPS) is 12.4. The van der Waals surface area contributed by atoms with Crippen molar-refractivity contribution in [1.29, 1.82) is 0 Å². The molecule has 0 spiro atoms. The molecule has 0 aliphatic carbocycles. The van der Waals surface area contributed by atoms with Gasteiger partial charge in [-0.1, -0.05) is 45.0 Å². The van der Waals surface area contributed by atoms with E-state index in [2.05, 4.69) is 32.9 Å². The highest BCUT2D eigenvalue weighted by Crippen LogP contribution is 2.23. The minimum absolute atomic E-state index is 0.317. The molecule has 0 bridgehead atoms. The van der Waals surface area contributed by atoms with Crippen LogP contribution < -0.4 is 4.74 Å². The summed E-state index contributed by atoms with van der Waals surface area (Å²) in [6, 6.07) is 15.8. The summed E-state index contributed by atoms with van der Waals surface area (Å²) >= 11 is 0. The molecule has 1 atom stereocenters. The molecule has 2 rings (SSSR count). The van der Waals surface area contributed by atoms with Crippen LogP contribution in [-0.2, 0) is 6.42 Å². The van der Waals surface area contributed by atoms with E-state index >= 15 is 0 Å². The first-order valence-corrected chi connectivity index (χ1v) is 7.55. The predicted octanol–water partition coefficient (Wildman–Crippen LogP) is 4.77. The standard InChI is InChI=1S/C19H24O2/c1-14(2)13-21-19-10-4-16(5-11-19)12-15(3)17-6-8-18(20)9-7-17/h4-11,14-15,20H,12-13H2,1-3H3. The van der Waals surface area contributed by atoms with Crippen LogP contribution in [0.4, 0.5) is 0 Å². The van der Waals surface area contributed by atoms with Gasteiger partial charge < -0.3 is 9.84 Å². The van der Waals surface area contributed by atoms with E-state index in [1.54, 1.807) is 12.1 Å². The molecule has 1 N–H and O–H groups in total. The quantitative estimate of drug-likeness (QED) is 0.827. The molecule has 21 heavy (non-hydrogen) atoms. The molecule has 2 aromatic carbocycles. The number of phenols is 1. The van der Waals surface area contributed by atoms with E-state index in [1.165, 1.54) is 11.1 Å². The largest absolute Gasteiger partial charge is 0.508 e. The highest BCUT2D eigenvalue weighted by atomic mass is 16.5. The summed E-state index contributed by atoms with van der Waals surface area (Å²) < 4.78 is 5.70. The zero-order chi connectivity index (χ0) is 15.2. The SMILES string of the molecule is CC(C)COc1ccc(CC(C)c2ccc(O)cc2)cc1. The molecule has 0 aromatic heterocycles. The minimum Gasteiger partial charge on any atom is -0.508 e. The van der Waals surface area contributed by atoms with Crippen molar-refractivity contribution < 1.29 is 9.84 Å². The average Bonchev–Trinajstić information content (AvgIpc) is 2.47. The fourth-order valence-electron chi connectivity index (χ4n) is 2.26. The first kappa shape index (κ1) is 15.4. The van der Waals surface area contributed by atoms with Gasteiger partial charge in [-0.2, -0.15) is 0 Å². The molecule has 0 amide bonds. The van der Waals surface area contributed by atoms with Gasteiger partial charge in [0, 0.05) is 0 Å². The number of ether oxygens (including phenoxy) is 1. The van der Waals surface area contributed by atoms with Crippen molar-refractivity contribution in [2.24, 2.45) is 5.92 Å². The van der Waals surface area contributed by atoms with Crippen LogP contribution in [0.3, 0.4) is 0 Å². The van der Waals surface area contributed by atoms with Crippen molar-refractivity contribution in [3.05, 3.63) is 59.7 Å².